The van der Waals surface area contributed by atoms with E-state index in [4.69, 9.17) is 4.42 Å². The molecule has 1 saturated heterocycles. The lowest BCUT2D eigenvalue weighted by Crippen LogP contribution is -2.42. The fraction of sp³-hybridized carbons (Fsp3) is 0.389. The van der Waals surface area contributed by atoms with Crippen molar-refractivity contribution in [3.63, 3.8) is 0 Å². The Labute approximate surface area is 161 Å². The maximum Gasteiger partial charge on any atom is 0.291 e. The molecule has 1 amide bonds. The average Bonchev–Trinajstić information content (AvgIpc) is 3.01. The van der Waals surface area contributed by atoms with Gasteiger partial charge in [-0.25, -0.2) is 8.42 Å². The minimum Gasteiger partial charge on any atom is -0.444 e. The van der Waals surface area contributed by atoms with Gasteiger partial charge in [0.2, 0.25) is 10.0 Å². The van der Waals surface area contributed by atoms with Gasteiger partial charge in [0.05, 0.1) is 4.90 Å². The molecule has 1 fully saturated rings. The molecule has 1 aliphatic rings. The summed E-state index contributed by atoms with van der Waals surface area (Å²) >= 11 is 3.15. The number of furan rings is 1. The number of nitrogens with one attached hydrogen (secondary N) is 1. The highest BCUT2D eigenvalue weighted by Gasteiger charge is 2.31. The SMILES string of the molecule is CC1CC(C)CN(S(=O)(=O)c2ccc(NC(=O)c3ccc(Br)o3)cc2)C1. The molecule has 0 aliphatic carbocycles. The summed E-state index contributed by atoms with van der Waals surface area (Å²) in [5, 5.41) is 2.68. The number of hydrogen-bond acceptors (Lipinski definition) is 4. The van der Waals surface area contributed by atoms with E-state index in [2.05, 4.69) is 35.1 Å². The first-order valence-electron chi connectivity index (χ1n) is 8.42. The fourth-order valence-corrected chi connectivity index (χ4v) is 5.28. The van der Waals surface area contributed by atoms with E-state index in [1.165, 1.54) is 12.1 Å². The van der Waals surface area contributed by atoms with Crippen LogP contribution >= 0.6 is 15.9 Å². The van der Waals surface area contributed by atoms with Gasteiger partial charge in [0.15, 0.2) is 10.4 Å². The van der Waals surface area contributed by atoms with Crippen LogP contribution in [0, 0.1) is 11.8 Å². The van der Waals surface area contributed by atoms with Crippen molar-refractivity contribution in [1.29, 1.82) is 0 Å². The maximum absolute atomic E-state index is 12.9. The van der Waals surface area contributed by atoms with Gasteiger partial charge in [0.25, 0.3) is 5.91 Å². The molecule has 0 saturated carbocycles. The number of rotatable bonds is 4. The zero-order valence-corrected chi connectivity index (χ0v) is 17.0. The first-order chi connectivity index (χ1) is 12.3. The predicted molar refractivity (Wildman–Crippen MR) is 103 cm³/mol. The van der Waals surface area contributed by atoms with Gasteiger partial charge in [-0.2, -0.15) is 4.31 Å². The largest absolute Gasteiger partial charge is 0.444 e. The number of hydrogen-bond donors (Lipinski definition) is 1. The summed E-state index contributed by atoms with van der Waals surface area (Å²) in [6.45, 7) is 5.23. The van der Waals surface area contributed by atoms with Crippen LogP contribution in [0.3, 0.4) is 0 Å². The molecule has 8 heteroatoms. The number of amides is 1. The summed E-state index contributed by atoms with van der Waals surface area (Å²) in [5.41, 5.74) is 0.502. The second kappa shape index (κ2) is 7.54. The number of nitrogens with zero attached hydrogens (tertiary/aromatic N) is 1. The van der Waals surface area contributed by atoms with Crippen LogP contribution in [-0.4, -0.2) is 31.7 Å². The minimum atomic E-state index is -3.53. The molecule has 1 aromatic carbocycles. The van der Waals surface area contributed by atoms with E-state index in [0.717, 1.165) is 6.42 Å². The third-order valence-electron chi connectivity index (χ3n) is 4.38. The van der Waals surface area contributed by atoms with Gasteiger partial charge in [-0.15, -0.1) is 0 Å². The van der Waals surface area contributed by atoms with Crippen molar-refractivity contribution >= 4 is 37.5 Å². The molecule has 26 heavy (non-hydrogen) atoms. The Kier molecular flexibility index (Phi) is 5.55. The van der Waals surface area contributed by atoms with Crippen molar-refractivity contribution < 1.29 is 17.6 Å². The Morgan fingerprint density at radius 2 is 1.73 bits per heavy atom. The zero-order valence-electron chi connectivity index (χ0n) is 14.6. The lowest BCUT2D eigenvalue weighted by atomic mass is 9.94. The van der Waals surface area contributed by atoms with Crippen LogP contribution in [0.15, 0.2) is 50.4 Å². The van der Waals surface area contributed by atoms with Crippen molar-refractivity contribution in [1.82, 2.24) is 4.31 Å². The third-order valence-corrected chi connectivity index (χ3v) is 6.65. The van der Waals surface area contributed by atoms with E-state index in [0.29, 0.717) is 35.3 Å². The Morgan fingerprint density at radius 1 is 1.12 bits per heavy atom. The Morgan fingerprint density at radius 3 is 2.27 bits per heavy atom. The molecule has 1 N–H and O–H groups in total. The topological polar surface area (TPSA) is 79.6 Å². The van der Waals surface area contributed by atoms with Crippen LogP contribution in [0.2, 0.25) is 0 Å². The monoisotopic (exact) mass is 440 g/mol. The van der Waals surface area contributed by atoms with Crippen LogP contribution in [0.4, 0.5) is 5.69 Å². The van der Waals surface area contributed by atoms with Crippen molar-refractivity contribution in [2.45, 2.75) is 25.2 Å². The highest BCUT2D eigenvalue weighted by Crippen LogP contribution is 2.27. The van der Waals surface area contributed by atoms with E-state index in [-0.39, 0.29) is 10.7 Å². The molecular weight excluding hydrogens is 420 g/mol. The van der Waals surface area contributed by atoms with Gasteiger partial charge < -0.3 is 9.73 Å². The van der Waals surface area contributed by atoms with Gasteiger partial charge in [0, 0.05) is 18.8 Å². The number of sulfonamides is 1. The number of carbonyl (C=O) groups is 1. The van der Waals surface area contributed by atoms with E-state index >= 15 is 0 Å². The molecule has 0 bridgehead atoms. The van der Waals surface area contributed by atoms with Crippen LogP contribution in [0.5, 0.6) is 0 Å². The number of anilines is 1. The molecule has 1 aliphatic heterocycles. The van der Waals surface area contributed by atoms with E-state index in [9.17, 15) is 13.2 Å². The molecule has 2 atom stereocenters. The predicted octanol–water partition coefficient (Wildman–Crippen LogP) is 3.96. The molecule has 2 unspecified atom stereocenters. The highest BCUT2D eigenvalue weighted by atomic mass is 79.9. The quantitative estimate of drug-likeness (QED) is 0.779. The molecule has 1 aromatic heterocycles. The van der Waals surface area contributed by atoms with Gasteiger partial charge in [-0.05, 0) is 70.6 Å². The third kappa shape index (κ3) is 4.19. The van der Waals surface area contributed by atoms with Crippen molar-refractivity contribution in [2.24, 2.45) is 11.8 Å². The Bertz CT molecular complexity index is 882. The van der Waals surface area contributed by atoms with E-state index in [1.54, 1.807) is 28.6 Å². The normalized spacial score (nSPS) is 21.5. The van der Waals surface area contributed by atoms with Crippen molar-refractivity contribution in [2.75, 3.05) is 18.4 Å². The second-order valence-corrected chi connectivity index (χ2v) is 9.57. The molecule has 2 heterocycles. The minimum absolute atomic E-state index is 0.171. The van der Waals surface area contributed by atoms with Gasteiger partial charge in [0.1, 0.15) is 0 Å². The molecule has 3 rings (SSSR count). The van der Waals surface area contributed by atoms with Crippen LogP contribution in [0.1, 0.15) is 30.8 Å². The summed E-state index contributed by atoms with van der Waals surface area (Å²) in [4.78, 5) is 12.3. The number of piperidine rings is 1. The number of halogens is 1. The second-order valence-electron chi connectivity index (χ2n) is 6.85. The smallest absolute Gasteiger partial charge is 0.291 e. The molecule has 0 radical (unpaired) electrons. The first-order valence-corrected chi connectivity index (χ1v) is 10.7. The maximum atomic E-state index is 12.9. The van der Waals surface area contributed by atoms with Gasteiger partial charge in [-0.1, -0.05) is 13.8 Å². The molecule has 0 spiro atoms. The fourth-order valence-electron chi connectivity index (χ4n) is 3.29. The lowest BCUT2D eigenvalue weighted by Gasteiger charge is -2.34. The van der Waals surface area contributed by atoms with Crippen LogP contribution in [0.25, 0.3) is 0 Å². The van der Waals surface area contributed by atoms with Gasteiger partial charge >= 0.3 is 0 Å². The molecular formula is C18H21BrN2O4S. The Balaban J connectivity index is 1.73. The van der Waals surface area contributed by atoms with Gasteiger partial charge in [-0.3, -0.25) is 4.79 Å². The summed E-state index contributed by atoms with van der Waals surface area (Å²) in [7, 11) is -3.53. The number of carbonyl (C=O) groups excluding carboxylic acids is 1. The summed E-state index contributed by atoms with van der Waals surface area (Å²) in [6, 6.07) is 9.39. The zero-order chi connectivity index (χ0) is 18.9. The standard InChI is InChI=1S/C18H21BrN2O4S/c1-12-9-13(2)11-21(10-12)26(23,24)15-5-3-14(4-6-15)20-18(22)16-7-8-17(19)25-16/h3-8,12-13H,9-11H2,1-2H3,(H,20,22). The highest BCUT2D eigenvalue weighted by molar-refractivity contribution is 9.10. The van der Waals surface area contributed by atoms with E-state index < -0.39 is 15.9 Å². The lowest BCUT2D eigenvalue weighted by molar-refractivity contribution is 0.0995. The molecule has 2 aromatic rings. The van der Waals surface area contributed by atoms with Crippen LogP contribution < -0.4 is 5.32 Å². The molecule has 140 valence electrons. The summed E-state index contributed by atoms with van der Waals surface area (Å²) in [6.07, 6.45) is 1.04. The average molecular weight is 441 g/mol. The van der Waals surface area contributed by atoms with Crippen molar-refractivity contribution in [3.8, 4) is 0 Å². The van der Waals surface area contributed by atoms with E-state index in [1.807, 2.05) is 0 Å². The summed E-state index contributed by atoms with van der Waals surface area (Å²) < 4.78 is 32.9. The summed E-state index contributed by atoms with van der Waals surface area (Å²) in [5.74, 6) is 0.467. The van der Waals surface area contributed by atoms with Crippen LogP contribution in [-0.2, 0) is 10.0 Å². The Hall–Kier alpha value is -1.64. The first kappa shape index (κ1) is 19.1. The number of benzene rings is 1. The van der Waals surface area contributed by atoms with Crippen molar-refractivity contribution in [3.05, 3.63) is 46.8 Å². The molecule has 6 nitrogen and oxygen atoms in total.